The van der Waals surface area contributed by atoms with Crippen molar-refractivity contribution in [1.82, 2.24) is 4.40 Å². The number of ketones is 1. The Bertz CT molecular complexity index is 1260. The number of anilines is 1. The first-order valence-corrected chi connectivity index (χ1v) is 9.78. The number of pyridine rings is 1. The molecule has 6 nitrogen and oxygen atoms in total. The molecule has 4 rings (SSSR count). The molecule has 0 aliphatic heterocycles. The molecular weight excluding hydrogens is 384 g/mol. The van der Waals surface area contributed by atoms with Gasteiger partial charge in [-0.15, -0.1) is 0 Å². The van der Waals surface area contributed by atoms with E-state index in [0.717, 1.165) is 17.0 Å². The third-order valence-corrected chi connectivity index (χ3v) is 5.45. The number of nitrogens with zero attached hydrogens (tertiary/aromatic N) is 2. The van der Waals surface area contributed by atoms with Crippen molar-refractivity contribution < 1.29 is 14.0 Å². The van der Waals surface area contributed by atoms with Crippen molar-refractivity contribution in [2.45, 2.75) is 13.3 Å². The number of aromatic nitrogens is 2. The topological polar surface area (TPSA) is 88.5 Å². The third kappa shape index (κ3) is 3.79. The normalized spacial score (nSPS) is 10.6. The van der Waals surface area contributed by atoms with Crippen molar-refractivity contribution in [3.63, 3.8) is 0 Å². The molecule has 0 bridgehead atoms. The molecule has 0 unspecified atom stereocenters. The number of nitrogens with one attached hydrogen (secondary N) is 2. The van der Waals surface area contributed by atoms with Crippen LogP contribution in [0.5, 0.6) is 0 Å². The summed E-state index contributed by atoms with van der Waals surface area (Å²) >= 11 is 1.27. The maximum atomic E-state index is 12.9. The van der Waals surface area contributed by atoms with E-state index >= 15 is 0 Å². The van der Waals surface area contributed by atoms with Gasteiger partial charge in [-0.2, -0.15) is 9.64 Å². The zero-order valence-electron chi connectivity index (χ0n) is 15.6. The van der Waals surface area contributed by atoms with Crippen LogP contribution in [0.3, 0.4) is 0 Å². The molecule has 1 aromatic carbocycles. The number of benzene rings is 1. The van der Waals surface area contributed by atoms with E-state index in [1.54, 1.807) is 24.3 Å². The molecule has 7 heteroatoms. The van der Waals surface area contributed by atoms with Gasteiger partial charge in [0.05, 0.1) is 22.7 Å². The zero-order valence-corrected chi connectivity index (χ0v) is 16.4. The Morgan fingerprint density at radius 3 is 2.66 bits per heavy atom. The van der Waals surface area contributed by atoms with Gasteiger partial charge in [0.15, 0.2) is 22.2 Å². The van der Waals surface area contributed by atoms with Crippen LogP contribution in [0.4, 0.5) is 5.00 Å². The van der Waals surface area contributed by atoms with E-state index in [9.17, 15) is 9.59 Å². The Kier molecular flexibility index (Phi) is 4.94. The molecule has 3 heterocycles. The second-order valence-corrected chi connectivity index (χ2v) is 7.52. The molecule has 0 radical (unpaired) electrons. The van der Waals surface area contributed by atoms with E-state index < -0.39 is 11.7 Å². The summed E-state index contributed by atoms with van der Waals surface area (Å²) in [5.41, 5.74) is 4.47. The first-order chi connectivity index (χ1) is 14.0. The lowest BCUT2D eigenvalue weighted by Gasteiger charge is -2.03. The molecule has 0 saturated carbocycles. The van der Waals surface area contributed by atoms with Crippen LogP contribution in [0.2, 0.25) is 0 Å². The monoisotopic (exact) mass is 401 g/mol. The van der Waals surface area contributed by atoms with Gasteiger partial charge in [-0.05, 0) is 35.9 Å². The molecular formula is C22H17N4O2S+. The highest BCUT2D eigenvalue weighted by Crippen LogP contribution is 2.21. The molecule has 29 heavy (non-hydrogen) atoms. The molecule has 0 atom stereocenters. The van der Waals surface area contributed by atoms with Crippen LogP contribution >= 0.6 is 11.5 Å². The summed E-state index contributed by atoms with van der Waals surface area (Å²) in [6, 6.07) is 18.5. The number of nitriles is 1. The summed E-state index contributed by atoms with van der Waals surface area (Å²) in [4.78, 5) is 25.3. The number of carbonyl (C=O) groups excluding carboxylic acids is 2. The van der Waals surface area contributed by atoms with Gasteiger partial charge in [0.1, 0.15) is 0 Å². The minimum Gasteiger partial charge on any atom is -0.320 e. The van der Waals surface area contributed by atoms with Gasteiger partial charge in [0, 0.05) is 31.3 Å². The number of amides is 1. The smallest absolute Gasteiger partial charge is 0.297 e. The zero-order chi connectivity index (χ0) is 20.4. The van der Waals surface area contributed by atoms with Gasteiger partial charge < -0.3 is 9.72 Å². The fourth-order valence-corrected chi connectivity index (χ4v) is 3.90. The first kappa shape index (κ1) is 18.6. The number of Topliss-reactive ketones (excluding diaryl/α,β-unsaturated/α-hetero) is 1. The van der Waals surface area contributed by atoms with Crippen LogP contribution in [-0.4, -0.2) is 16.1 Å². The van der Waals surface area contributed by atoms with Crippen molar-refractivity contribution in [1.29, 1.82) is 5.26 Å². The maximum Gasteiger partial charge on any atom is 0.297 e. The highest BCUT2D eigenvalue weighted by Gasteiger charge is 2.23. The van der Waals surface area contributed by atoms with Crippen molar-refractivity contribution in [2.24, 2.45) is 0 Å². The number of carbonyl (C=O) groups is 2. The maximum absolute atomic E-state index is 12.9. The van der Waals surface area contributed by atoms with E-state index in [2.05, 4.69) is 15.8 Å². The SMILES string of the molecule is Cc1cc(NC(=O)C(=O)c2cc(Cc3ccc(C#N)cc3)n3ccccc23)s[nH+]1. The Balaban J connectivity index is 1.65. The van der Waals surface area contributed by atoms with Gasteiger partial charge in [-0.1, -0.05) is 18.2 Å². The van der Waals surface area contributed by atoms with Crippen LogP contribution in [0.25, 0.3) is 5.52 Å². The number of H-pyrrole nitrogens is 1. The van der Waals surface area contributed by atoms with E-state index in [1.165, 1.54) is 11.5 Å². The van der Waals surface area contributed by atoms with Crippen molar-refractivity contribution in [3.05, 3.63) is 88.9 Å². The Labute approximate surface area is 171 Å². The van der Waals surface area contributed by atoms with Crippen LogP contribution in [0.15, 0.2) is 60.8 Å². The molecule has 0 aliphatic carbocycles. The molecule has 0 fully saturated rings. The number of aromatic amines is 1. The van der Waals surface area contributed by atoms with Gasteiger partial charge in [0.25, 0.3) is 11.7 Å². The summed E-state index contributed by atoms with van der Waals surface area (Å²) in [7, 11) is 0. The largest absolute Gasteiger partial charge is 0.320 e. The molecule has 142 valence electrons. The second-order valence-electron chi connectivity index (χ2n) is 6.67. The number of hydrogen-bond acceptors (Lipinski definition) is 4. The predicted octanol–water partition coefficient (Wildman–Crippen LogP) is 3.41. The van der Waals surface area contributed by atoms with Gasteiger partial charge in [-0.3, -0.25) is 9.59 Å². The van der Waals surface area contributed by atoms with Crippen molar-refractivity contribution in [2.75, 3.05) is 5.32 Å². The van der Waals surface area contributed by atoms with Crippen LogP contribution in [0.1, 0.15) is 32.9 Å². The van der Waals surface area contributed by atoms with Gasteiger partial charge in [-0.25, -0.2) is 0 Å². The lowest BCUT2D eigenvalue weighted by atomic mass is 10.1. The summed E-state index contributed by atoms with van der Waals surface area (Å²) in [5.74, 6) is -1.24. The fourth-order valence-electron chi connectivity index (χ4n) is 3.19. The Morgan fingerprint density at radius 2 is 1.97 bits per heavy atom. The number of rotatable bonds is 5. The van der Waals surface area contributed by atoms with Gasteiger partial charge >= 0.3 is 0 Å². The molecule has 0 aliphatic rings. The van der Waals surface area contributed by atoms with Gasteiger partial charge in [0.2, 0.25) is 0 Å². The van der Waals surface area contributed by atoms with E-state index in [4.69, 9.17) is 5.26 Å². The third-order valence-electron chi connectivity index (χ3n) is 4.58. The molecule has 1 amide bonds. The average Bonchev–Trinajstić information content (AvgIpc) is 3.31. The lowest BCUT2D eigenvalue weighted by molar-refractivity contribution is -0.300. The van der Waals surface area contributed by atoms with E-state index in [1.807, 2.05) is 47.9 Å². The van der Waals surface area contributed by atoms with E-state index in [0.29, 0.717) is 28.1 Å². The highest BCUT2D eigenvalue weighted by molar-refractivity contribution is 7.06. The second kappa shape index (κ2) is 7.70. The molecule has 3 aromatic heterocycles. The highest BCUT2D eigenvalue weighted by atomic mass is 32.1. The number of aryl methyl sites for hydroxylation is 1. The van der Waals surface area contributed by atoms with Crippen LogP contribution in [-0.2, 0) is 11.2 Å². The first-order valence-electron chi connectivity index (χ1n) is 8.97. The van der Waals surface area contributed by atoms with Crippen molar-refractivity contribution in [3.8, 4) is 6.07 Å². The van der Waals surface area contributed by atoms with Crippen molar-refractivity contribution >= 4 is 33.7 Å². The van der Waals surface area contributed by atoms with Crippen LogP contribution in [0, 0.1) is 18.3 Å². The fraction of sp³-hybridized carbons (Fsp3) is 0.0909. The minimum atomic E-state index is -0.665. The predicted molar refractivity (Wildman–Crippen MR) is 110 cm³/mol. The molecule has 0 saturated heterocycles. The molecule has 4 aromatic rings. The quantitative estimate of drug-likeness (QED) is 0.411. The minimum absolute atomic E-state index is 0.365. The Morgan fingerprint density at radius 1 is 1.17 bits per heavy atom. The summed E-state index contributed by atoms with van der Waals surface area (Å²) in [5, 5.41) is 12.2. The molecule has 0 spiro atoms. The standard InChI is InChI=1S/C22H16N4O2S/c1-14-10-20(29-25-14)24-22(28)21(27)18-12-17(26-9-3-2-4-19(18)26)11-15-5-7-16(13-23)8-6-15/h2-10,12H,11H2,1H3,(H,24,28)/p+1. The summed E-state index contributed by atoms with van der Waals surface area (Å²) < 4.78 is 4.93. The number of hydrogen-bond donors (Lipinski definition) is 1. The summed E-state index contributed by atoms with van der Waals surface area (Å²) in [6.07, 6.45) is 2.45. The van der Waals surface area contributed by atoms with Crippen LogP contribution < -0.4 is 9.69 Å². The number of fused-ring (bicyclic) bond motifs is 1. The average molecular weight is 401 g/mol. The lowest BCUT2D eigenvalue weighted by Crippen LogP contribution is -2.22. The Hall–Kier alpha value is -3.76. The summed E-state index contributed by atoms with van der Waals surface area (Å²) in [6.45, 7) is 1.88. The van der Waals surface area contributed by atoms with E-state index in [-0.39, 0.29) is 0 Å². The molecule has 2 N–H and O–H groups in total.